The summed E-state index contributed by atoms with van der Waals surface area (Å²) >= 11 is 0. The average Bonchev–Trinajstić information content (AvgIpc) is 4.47. The summed E-state index contributed by atoms with van der Waals surface area (Å²) in [6, 6.07) is 31.8. The topological polar surface area (TPSA) is 287 Å². The zero-order valence-corrected chi connectivity index (χ0v) is 47.2. The molecule has 24 heteroatoms. The summed E-state index contributed by atoms with van der Waals surface area (Å²) in [5.74, 6) is 4.35. The molecule has 0 bridgehead atoms. The number of ether oxygens (including phenoxy) is 4. The van der Waals surface area contributed by atoms with Crippen molar-refractivity contribution in [3.63, 3.8) is 0 Å². The zero-order valence-electron chi connectivity index (χ0n) is 47.2. The number of nitrogens with one attached hydrogen (secondary N) is 1. The number of hydrogen-bond donors (Lipinski definition) is 2. The van der Waals surface area contributed by atoms with Gasteiger partial charge in [-0.05, 0) is 114 Å². The second-order valence-electron chi connectivity index (χ2n) is 20.2. The number of ketones is 1. The summed E-state index contributed by atoms with van der Waals surface area (Å²) in [4.78, 5) is 74.9. The third-order valence-corrected chi connectivity index (χ3v) is 14.7. The molecule has 13 rings (SSSR count). The van der Waals surface area contributed by atoms with Gasteiger partial charge < -0.3 is 42.0 Å². The quantitative estimate of drug-likeness (QED) is 0.121. The Bertz CT molecular complexity index is 4060. The third-order valence-electron chi connectivity index (χ3n) is 14.7. The number of fused-ring (bicyclic) bond motifs is 2. The second kappa shape index (κ2) is 26.7. The Labute approximate surface area is 480 Å². The van der Waals surface area contributed by atoms with Crippen LogP contribution in [0.2, 0.25) is 0 Å². The maximum absolute atomic E-state index is 12.7. The van der Waals surface area contributed by atoms with Crippen LogP contribution in [-0.2, 0) is 32.0 Å². The van der Waals surface area contributed by atoms with Gasteiger partial charge in [0.15, 0.2) is 22.3 Å². The van der Waals surface area contributed by atoms with Gasteiger partial charge >= 0.3 is 11.5 Å². The summed E-state index contributed by atoms with van der Waals surface area (Å²) in [5, 5.41) is 19.2. The highest BCUT2D eigenvalue weighted by atomic mass is 16.5. The molecule has 0 amide bonds. The zero-order chi connectivity index (χ0) is 59.4. The number of aliphatic hydroxyl groups is 1. The third kappa shape index (κ3) is 14.0. The van der Waals surface area contributed by atoms with E-state index in [0.29, 0.717) is 58.7 Å². The average molecular weight is 1150 g/mol. The second-order valence-corrected chi connectivity index (χ2v) is 20.2. The standard InChI is InChI=1S/C20H20N6O4.C11H14O2.C11H12O2.C9H8N6O3.C9H10O/c1-24-10-21-18-17(24)19(27)25(11-22-18)9-16-23-26(20(28)30-16)14-7-13(8-14)12-3-5-15(29-2)6-4-12;2*1-13-11-4-2-8(3-5-11)9-6-10(12)7-9;1-14-3-10-7-6(14)8(16)15(4-11-7)2-5-12-13-9(17)18-5;1-3-8-4-6-9(10-2)7-5-8/h3-6,10-11,13-14H,7-9H2,1-2H3;2-5,9-10,12H,6-7H2,1H3;2-5,9H,6-7H2,1H3;3-4H,2H2,1H3,(H,13,17);3-7H,1H2,2H3. The van der Waals surface area contributed by atoms with Crippen molar-refractivity contribution in [1.82, 2.24) is 58.2 Å². The fourth-order valence-corrected chi connectivity index (χ4v) is 9.63. The van der Waals surface area contributed by atoms with E-state index in [4.69, 9.17) is 32.9 Å². The highest BCUT2D eigenvalue weighted by Gasteiger charge is 2.35. The van der Waals surface area contributed by atoms with Gasteiger partial charge in [-0.2, -0.15) is 4.68 Å². The largest absolute Gasteiger partial charge is 0.497 e. The predicted molar refractivity (Wildman–Crippen MR) is 310 cm³/mol. The number of aliphatic hydroxyl groups excluding tert-OH is 1. The van der Waals surface area contributed by atoms with E-state index in [9.17, 15) is 24.0 Å². The van der Waals surface area contributed by atoms with Crippen molar-refractivity contribution in [2.75, 3.05) is 28.4 Å². The molecule has 10 aromatic rings. The van der Waals surface area contributed by atoms with Gasteiger partial charge in [0.25, 0.3) is 11.1 Å². The molecular weight excluding hydrogens is 1080 g/mol. The Morgan fingerprint density at radius 2 is 0.988 bits per heavy atom. The molecule has 0 unspecified atom stereocenters. The summed E-state index contributed by atoms with van der Waals surface area (Å²) in [6.07, 6.45) is 12.4. The van der Waals surface area contributed by atoms with Crippen molar-refractivity contribution >= 4 is 34.2 Å². The van der Waals surface area contributed by atoms with Gasteiger partial charge in [-0.15, -0.1) is 10.2 Å². The number of carbonyl (C=O) groups is 1. The van der Waals surface area contributed by atoms with E-state index in [0.717, 1.165) is 54.2 Å². The van der Waals surface area contributed by atoms with Crippen LogP contribution < -0.4 is 41.6 Å². The van der Waals surface area contributed by atoms with Gasteiger partial charge in [0.1, 0.15) is 54.5 Å². The lowest BCUT2D eigenvalue weighted by Crippen LogP contribution is -2.31. The number of rotatable bonds is 13. The van der Waals surface area contributed by atoms with E-state index < -0.39 is 11.5 Å². The molecule has 436 valence electrons. The van der Waals surface area contributed by atoms with Crippen molar-refractivity contribution < 1.29 is 37.7 Å². The molecule has 4 aromatic carbocycles. The van der Waals surface area contributed by atoms with Crippen LogP contribution in [0.1, 0.15) is 96.4 Å². The molecule has 3 aliphatic rings. The Morgan fingerprint density at radius 1 is 0.571 bits per heavy atom. The Morgan fingerprint density at radius 3 is 1.39 bits per heavy atom. The predicted octanol–water partition coefficient (Wildman–Crippen LogP) is 6.72. The molecule has 6 aromatic heterocycles. The van der Waals surface area contributed by atoms with Crippen LogP contribution in [0.15, 0.2) is 157 Å². The van der Waals surface area contributed by atoms with Crippen molar-refractivity contribution in [2.24, 2.45) is 14.1 Å². The molecule has 0 spiro atoms. The van der Waals surface area contributed by atoms with E-state index in [1.54, 1.807) is 57.7 Å². The number of H-pyrrole nitrogens is 1. The van der Waals surface area contributed by atoms with E-state index in [1.807, 2.05) is 84.9 Å². The van der Waals surface area contributed by atoms with Crippen LogP contribution in [0, 0.1) is 0 Å². The Balaban J connectivity index is 0.000000135. The summed E-state index contributed by atoms with van der Waals surface area (Å²) < 4.78 is 37.6. The van der Waals surface area contributed by atoms with E-state index in [-0.39, 0.29) is 48.1 Å². The van der Waals surface area contributed by atoms with Crippen LogP contribution >= 0.6 is 0 Å². The van der Waals surface area contributed by atoms with Crippen molar-refractivity contribution in [3.8, 4) is 23.0 Å². The first-order chi connectivity index (χ1) is 40.6. The molecule has 3 saturated carbocycles. The SMILES string of the molecule is C=Cc1ccc(OC)cc1.COc1ccc(C2CC(=O)C2)cc1.COc1ccc(C2CC(O)C2)cc1.COc1ccc(C2CC(n3nc(Cn4cnc5ncn(C)c5c4=O)oc3=O)C2)cc1.Cn1cnc2ncn(Cc3n[nH]c(=O)o3)c(=O)c21. The fraction of sp³-hybridized carbons (Fsp3) is 0.317. The molecular formula is C60H64N12O12. The van der Waals surface area contributed by atoms with Gasteiger partial charge in [-0.1, -0.05) is 61.2 Å². The Hall–Kier alpha value is -9.97. The number of nitrogens with zero attached hydrogens (tertiary/aromatic N) is 11. The lowest BCUT2D eigenvalue weighted by Gasteiger charge is -2.34. The number of carbonyl (C=O) groups excluding carboxylic acids is 1. The summed E-state index contributed by atoms with van der Waals surface area (Å²) in [7, 11) is 10.1. The Kier molecular flexibility index (Phi) is 18.7. The number of hydrogen-bond acceptors (Lipinski definition) is 18. The van der Waals surface area contributed by atoms with Crippen molar-refractivity contribution in [2.45, 2.75) is 81.5 Å². The molecule has 0 aliphatic heterocycles. The van der Waals surface area contributed by atoms with Crippen molar-refractivity contribution in [1.29, 1.82) is 0 Å². The minimum atomic E-state index is -0.660. The normalized spacial score (nSPS) is 16.8. The highest BCUT2D eigenvalue weighted by Crippen LogP contribution is 2.44. The van der Waals surface area contributed by atoms with Crippen LogP contribution in [0.3, 0.4) is 0 Å². The molecule has 0 radical (unpaired) electrons. The first kappa shape index (κ1) is 58.7. The van der Waals surface area contributed by atoms with Gasteiger partial charge in [0, 0.05) is 26.9 Å². The van der Waals surface area contributed by atoms with Crippen LogP contribution in [-0.4, -0.2) is 104 Å². The number of imidazole rings is 2. The number of benzene rings is 4. The van der Waals surface area contributed by atoms with E-state index in [2.05, 4.69) is 53.9 Å². The van der Waals surface area contributed by atoms with Crippen LogP contribution in [0.5, 0.6) is 23.0 Å². The minimum absolute atomic E-state index is 0.0171. The van der Waals surface area contributed by atoms with E-state index >= 15 is 0 Å². The lowest BCUT2D eigenvalue weighted by atomic mass is 9.76. The number of methoxy groups -OCH3 is 4. The van der Waals surface area contributed by atoms with Gasteiger partial charge in [-0.3, -0.25) is 23.5 Å². The van der Waals surface area contributed by atoms with Gasteiger partial charge in [0.05, 0.1) is 53.2 Å². The maximum Gasteiger partial charge on any atom is 0.437 e. The van der Waals surface area contributed by atoms with Gasteiger partial charge in [0.2, 0.25) is 11.8 Å². The fourth-order valence-electron chi connectivity index (χ4n) is 9.63. The number of aromatic nitrogens is 12. The first-order valence-corrected chi connectivity index (χ1v) is 26.9. The molecule has 0 atom stereocenters. The van der Waals surface area contributed by atoms with Gasteiger partial charge in [-0.25, -0.2) is 34.6 Å². The number of aryl methyl sites for hydroxylation is 2. The molecule has 6 heterocycles. The number of Topliss-reactive ketones (excluding diaryl/α,β-unsaturated/α-hetero) is 1. The highest BCUT2D eigenvalue weighted by molar-refractivity contribution is 5.86. The van der Waals surface area contributed by atoms with Crippen LogP contribution in [0.4, 0.5) is 0 Å². The smallest absolute Gasteiger partial charge is 0.437 e. The van der Waals surface area contributed by atoms with E-state index in [1.165, 1.54) is 55.8 Å². The minimum Gasteiger partial charge on any atom is -0.497 e. The molecule has 84 heavy (non-hydrogen) atoms. The molecule has 2 N–H and O–H groups in total. The molecule has 3 aliphatic carbocycles. The maximum atomic E-state index is 12.7. The number of aromatic amines is 1. The van der Waals surface area contributed by atoms with Crippen molar-refractivity contribution in [3.05, 3.63) is 205 Å². The molecule has 24 nitrogen and oxygen atoms in total. The molecule has 0 saturated heterocycles. The first-order valence-electron chi connectivity index (χ1n) is 26.9. The molecule has 3 fully saturated rings. The summed E-state index contributed by atoms with van der Waals surface area (Å²) in [5.41, 5.74) is 5.88. The summed E-state index contributed by atoms with van der Waals surface area (Å²) in [6.45, 7) is 3.71. The monoisotopic (exact) mass is 1140 g/mol. The lowest BCUT2D eigenvalue weighted by molar-refractivity contribution is -0.124. The van der Waals surface area contributed by atoms with Crippen LogP contribution in [0.25, 0.3) is 28.4 Å².